The summed E-state index contributed by atoms with van der Waals surface area (Å²) in [4.78, 5) is 3.42. The molecule has 44 valence electrons. The van der Waals surface area contributed by atoms with E-state index in [0.29, 0.717) is 5.69 Å². The van der Waals surface area contributed by atoms with Crippen molar-refractivity contribution in [1.29, 1.82) is 0 Å². The molecule has 0 bridgehead atoms. The summed E-state index contributed by atoms with van der Waals surface area (Å²) in [5.41, 5.74) is 0.688. The van der Waals surface area contributed by atoms with Gasteiger partial charge in [-0.1, -0.05) is 0 Å². The van der Waals surface area contributed by atoms with Crippen LogP contribution in [0.15, 0.2) is 29.3 Å². The van der Waals surface area contributed by atoms with E-state index in [2.05, 4.69) is 11.1 Å². The Balaban J connectivity index is 0.000000640. The first-order valence-electron chi connectivity index (χ1n) is 2.31. The van der Waals surface area contributed by atoms with Crippen LogP contribution in [0.3, 0.4) is 0 Å². The van der Waals surface area contributed by atoms with Gasteiger partial charge < -0.3 is 4.99 Å². The molecule has 0 N–H and O–H groups in total. The van der Waals surface area contributed by atoms with Gasteiger partial charge in [0, 0.05) is 0 Å². The van der Waals surface area contributed by atoms with E-state index >= 15 is 0 Å². The monoisotopic (exact) mass is 287 g/mol. The second-order valence-electron chi connectivity index (χ2n) is 1.38. The molecule has 0 atom stereocenters. The van der Waals surface area contributed by atoms with E-state index in [-0.39, 0.29) is 21.1 Å². The Morgan fingerprint density at radius 3 is 2.56 bits per heavy atom. The molecular formula is C7H5NW. The number of benzene rings is 1. The predicted molar refractivity (Wildman–Crippen MR) is 33.4 cm³/mol. The number of hydrogen-bond donors (Lipinski definition) is 0. The molecule has 2 heteroatoms. The fraction of sp³-hybridized carbons (Fsp3) is 0. The fourth-order valence-corrected chi connectivity index (χ4v) is 0.464. The van der Waals surface area contributed by atoms with Crippen molar-refractivity contribution in [2.75, 3.05) is 0 Å². The third-order valence-electron chi connectivity index (χ3n) is 0.832. The van der Waals surface area contributed by atoms with Crippen LogP contribution in [-0.2, 0) is 21.1 Å². The first kappa shape index (κ1) is 8.58. The number of nitrogens with zero attached hydrogens (tertiary/aromatic N) is 1. The molecule has 0 saturated heterocycles. The molecule has 0 amide bonds. The molecule has 1 aromatic carbocycles. The molecule has 0 aliphatic carbocycles. The zero-order valence-electron chi connectivity index (χ0n) is 4.74. The Bertz CT molecular complexity index is 172. The summed E-state index contributed by atoms with van der Waals surface area (Å²) < 4.78 is 0. The van der Waals surface area contributed by atoms with Crippen molar-refractivity contribution < 1.29 is 21.1 Å². The molecule has 0 aliphatic heterocycles. The summed E-state index contributed by atoms with van der Waals surface area (Å²) in [6.07, 6.45) is 0. The maximum Gasteiger partial charge on any atom is 2.00 e. The van der Waals surface area contributed by atoms with Crippen molar-refractivity contribution >= 4 is 12.4 Å². The number of rotatable bonds is 1. The largest absolute Gasteiger partial charge is 2.00 e. The van der Waals surface area contributed by atoms with E-state index in [9.17, 15) is 0 Å². The average Bonchev–Trinajstić information content (AvgIpc) is 1.90. The molecule has 1 rings (SSSR count). The van der Waals surface area contributed by atoms with Crippen LogP contribution in [0.25, 0.3) is 0 Å². The van der Waals surface area contributed by atoms with Gasteiger partial charge in [0.1, 0.15) is 0 Å². The second kappa shape index (κ2) is 4.46. The first-order chi connectivity index (χ1) is 3.93. The van der Waals surface area contributed by atoms with E-state index in [1.165, 1.54) is 0 Å². The number of hydrogen-bond acceptors (Lipinski definition) is 1. The normalized spacial score (nSPS) is 7.56. The Morgan fingerprint density at radius 2 is 2.22 bits per heavy atom. The Hall–Kier alpha value is -0.422. The van der Waals surface area contributed by atoms with Crippen LogP contribution in [0, 0.1) is 6.07 Å². The van der Waals surface area contributed by atoms with E-state index in [1.54, 1.807) is 12.1 Å². The van der Waals surface area contributed by atoms with Crippen LogP contribution < -0.4 is 0 Å². The van der Waals surface area contributed by atoms with Gasteiger partial charge in [0.05, 0.1) is 0 Å². The molecule has 1 aromatic rings. The van der Waals surface area contributed by atoms with Gasteiger partial charge in [-0.2, -0.15) is 24.9 Å². The zero-order valence-corrected chi connectivity index (χ0v) is 7.68. The van der Waals surface area contributed by atoms with Gasteiger partial charge in [0.25, 0.3) is 0 Å². The molecule has 0 unspecified atom stereocenters. The topological polar surface area (TPSA) is 12.4 Å². The van der Waals surface area contributed by atoms with Crippen molar-refractivity contribution in [3.8, 4) is 0 Å². The van der Waals surface area contributed by atoms with Crippen LogP contribution in [0.5, 0.6) is 0 Å². The Kier molecular flexibility index (Phi) is 4.25. The minimum atomic E-state index is 0. The van der Waals surface area contributed by atoms with E-state index in [0.717, 1.165) is 0 Å². The van der Waals surface area contributed by atoms with Crippen LogP contribution in [0.2, 0.25) is 0 Å². The SMILES string of the molecule is [CH-]=Nc1[c-]cccc1.[W+2]. The summed E-state index contributed by atoms with van der Waals surface area (Å²) in [6.45, 7) is 4.94. The first-order valence-corrected chi connectivity index (χ1v) is 2.31. The maximum absolute atomic E-state index is 4.94. The number of aliphatic imine (C=N–C) groups is 1. The van der Waals surface area contributed by atoms with Crippen molar-refractivity contribution in [2.24, 2.45) is 4.99 Å². The molecule has 9 heavy (non-hydrogen) atoms. The molecule has 0 aliphatic rings. The minimum Gasteiger partial charge on any atom is -0.485 e. The van der Waals surface area contributed by atoms with Gasteiger partial charge in [0.15, 0.2) is 0 Å². The van der Waals surface area contributed by atoms with Gasteiger partial charge in [-0.25, -0.2) is 11.8 Å². The summed E-state index contributed by atoms with van der Waals surface area (Å²) in [6, 6.07) is 10.1. The molecule has 0 saturated carbocycles. The third kappa shape index (κ3) is 2.57. The Morgan fingerprint density at radius 1 is 1.44 bits per heavy atom. The summed E-state index contributed by atoms with van der Waals surface area (Å²) >= 11 is 0. The summed E-state index contributed by atoms with van der Waals surface area (Å²) in [5, 5.41) is 0. The van der Waals surface area contributed by atoms with E-state index < -0.39 is 0 Å². The molecular weight excluding hydrogens is 282 g/mol. The molecule has 0 radical (unpaired) electrons. The molecule has 0 aromatic heterocycles. The van der Waals surface area contributed by atoms with Gasteiger partial charge >= 0.3 is 21.1 Å². The van der Waals surface area contributed by atoms with Crippen LogP contribution in [0.4, 0.5) is 5.69 Å². The Labute approximate surface area is 69.1 Å². The predicted octanol–water partition coefficient (Wildman–Crippen LogP) is 1.69. The second-order valence-corrected chi connectivity index (χ2v) is 1.38. The van der Waals surface area contributed by atoms with Crippen LogP contribution >= 0.6 is 0 Å². The zero-order chi connectivity index (χ0) is 5.82. The summed E-state index contributed by atoms with van der Waals surface area (Å²) in [5.74, 6) is 0. The molecule has 0 fully saturated rings. The average molecular weight is 287 g/mol. The van der Waals surface area contributed by atoms with Crippen LogP contribution in [0.1, 0.15) is 0 Å². The van der Waals surface area contributed by atoms with Crippen molar-refractivity contribution in [2.45, 2.75) is 0 Å². The smallest absolute Gasteiger partial charge is 0.485 e. The van der Waals surface area contributed by atoms with Gasteiger partial charge in [-0.15, -0.1) is 0 Å². The van der Waals surface area contributed by atoms with Gasteiger partial charge in [-0.05, 0) is 0 Å². The minimum absolute atomic E-state index is 0. The van der Waals surface area contributed by atoms with Crippen molar-refractivity contribution in [3.63, 3.8) is 0 Å². The quantitative estimate of drug-likeness (QED) is 0.550. The third-order valence-corrected chi connectivity index (χ3v) is 0.832. The van der Waals surface area contributed by atoms with Gasteiger partial charge in [-0.3, -0.25) is 6.07 Å². The van der Waals surface area contributed by atoms with E-state index in [4.69, 9.17) is 6.72 Å². The molecule has 0 spiro atoms. The fourth-order valence-electron chi connectivity index (χ4n) is 0.464. The van der Waals surface area contributed by atoms with E-state index in [1.807, 2.05) is 12.1 Å². The van der Waals surface area contributed by atoms with Crippen molar-refractivity contribution in [3.05, 3.63) is 30.3 Å². The maximum atomic E-state index is 4.94. The molecule has 0 heterocycles. The summed E-state index contributed by atoms with van der Waals surface area (Å²) in [7, 11) is 0. The standard InChI is InChI=1S/C7H5N.W/c1-8-7-5-3-2-4-6-7;/h1-5H;/q-2;+2. The van der Waals surface area contributed by atoms with Gasteiger partial charge in [0.2, 0.25) is 0 Å². The van der Waals surface area contributed by atoms with Crippen molar-refractivity contribution in [1.82, 2.24) is 0 Å². The molecule has 1 nitrogen and oxygen atoms in total. The van der Waals surface area contributed by atoms with Crippen LogP contribution in [-0.4, -0.2) is 6.72 Å². The number of para-hydroxylation sites is 1.